The van der Waals surface area contributed by atoms with E-state index in [1.165, 1.54) is 41.3 Å². The number of nitro groups is 1. The van der Waals surface area contributed by atoms with Crippen molar-refractivity contribution in [1.82, 2.24) is 10.2 Å². The van der Waals surface area contributed by atoms with E-state index in [4.69, 9.17) is 4.42 Å². The largest absolute Gasteiger partial charge is 0.467 e. The first-order valence-corrected chi connectivity index (χ1v) is 9.52. The SMILES string of the molecule is CC(Sc1nnc(NCc2ccco2)s1)C(=O)Nc1cccc([N+](=O)[O-])c1. The van der Waals surface area contributed by atoms with E-state index in [1.807, 2.05) is 6.07 Å². The zero-order valence-electron chi connectivity index (χ0n) is 14.1. The van der Waals surface area contributed by atoms with E-state index in [2.05, 4.69) is 20.8 Å². The zero-order chi connectivity index (χ0) is 19.2. The van der Waals surface area contributed by atoms with Crippen LogP contribution in [-0.4, -0.2) is 26.3 Å². The predicted octanol–water partition coefficient (Wildman–Crippen LogP) is 3.77. The number of carbonyl (C=O) groups excluding carboxylic acids is 1. The molecule has 1 unspecified atom stereocenters. The molecule has 9 nitrogen and oxygen atoms in total. The van der Waals surface area contributed by atoms with Crippen LogP contribution in [0.2, 0.25) is 0 Å². The van der Waals surface area contributed by atoms with Gasteiger partial charge < -0.3 is 15.1 Å². The van der Waals surface area contributed by atoms with Crippen LogP contribution < -0.4 is 10.6 Å². The van der Waals surface area contributed by atoms with E-state index < -0.39 is 10.2 Å². The van der Waals surface area contributed by atoms with Gasteiger partial charge in [-0.3, -0.25) is 14.9 Å². The molecule has 2 aromatic heterocycles. The second-order valence-corrected chi connectivity index (χ2v) is 7.93. The van der Waals surface area contributed by atoms with Gasteiger partial charge in [0.15, 0.2) is 4.34 Å². The van der Waals surface area contributed by atoms with Crippen LogP contribution >= 0.6 is 23.1 Å². The van der Waals surface area contributed by atoms with E-state index in [9.17, 15) is 14.9 Å². The highest BCUT2D eigenvalue weighted by Crippen LogP contribution is 2.30. The number of carbonyl (C=O) groups is 1. The quantitative estimate of drug-likeness (QED) is 0.330. The highest BCUT2D eigenvalue weighted by molar-refractivity contribution is 8.02. The number of amides is 1. The number of hydrogen-bond acceptors (Lipinski definition) is 9. The van der Waals surface area contributed by atoms with Crippen molar-refractivity contribution < 1.29 is 14.1 Å². The summed E-state index contributed by atoms with van der Waals surface area (Å²) in [5.41, 5.74) is 0.296. The normalized spacial score (nSPS) is 11.7. The molecule has 1 amide bonds. The number of furan rings is 1. The van der Waals surface area contributed by atoms with Crippen molar-refractivity contribution in [3.8, 4) is 0 Å². The van der Waals surface area contributed by atoms with Gasteiger partial charge in [-0.2, -0.15) is 0 Å². The highest BCUT2D eigenvalue weighted by Gasteiger charge is 2.18. The molecule has 0 aliphatic heterocycles. The van der Waals surface area contributed by atoms with Gasteiger partial charge in [-0.25, -0.2) is 0 Å². The topological polar surface area (TPSA) is 123 Å². The number of non-ortho nitro benzene ring substituents is 1. The summed E-state index contributed by atoms with van der Waals surface area (Å²) in [5, 5.41) is 24.8. The lowest BCUT2D eigenvalue weighted by Gasteiger charge is -2.10. The third kappa shape index (κ3) is 5.28. The van der Waals surface area contributed by atoms with Crippen LogP contribution in [-0.2, 0) is 11.3 Å². The third-order valence-electron chi connectivity index (χ3n) is 3.37. The van der Waals surface area contributed by atoms with Gasteiger partial charge in [0.25, 0.3) is 5.69 Å². The van der Waals surface area contributed by atoms with E-state index in [0.717, 1.165) is 5.76 Å². The molecule has 2 heterocycles. The fraction of sp³-hybridized carbons (Fsp3) is 0.188. The van der Waals surface area contributed by atoms with E-state index in [0.29, 0.717) is 21.7 Å². The Morgan fingerprint density at radius 3 is 2.96 bits per heavy atom. The Balaban J connectivity index is 1.53. The number of benzene rings is 1. The molecule has 3 aromatic rings. The van der Waals surface area contributed by atoms with Crippen LogP contribution in [0, 0.1) is 10.1 Å². The van der Waals surface area contributed by atoms with E-state index >= 15 is 0 Å². The predicted molar refractivity (Wildman–Crippen MR) is 103 cm³/mol. The number of nitrogens with zero attached hydrogens (tertiary/aromatic N) is 3. The van der Waals surface area contributed by atoms with Gasteiger partial charge in [0.2, 0.25) is 11.0 Å². The summed E-state index contributed by atoms with van der Waals surface area (Å²) in [7, 11) is 0. The van der Waals surface area contributed by atoms with Gasteiger partial charge in [0, 0.05) is 17.8 Å². The molecule has 1 aromatic carbocycles. The van der Waals surface area contributed by atoms with Gasteiger partial charge in [-0.15, -0.1) is 10.2 Å². The van der Waals surface area contributed by atoms with E-state index in [-0.39, 0.29) is 11.6 Å². The molecule has 0 bridgehead atoms. The molecular weight excluding hydrogens is 390 g/mol. The molecule has 3 rings (SSSR count). The van der Waals surface area contributed by atoms with Crippen molar-refractivity contribution in [1.29, 1.82) is 0 Å². The van der Waals surface area contributed by atoms with Crippen molar-refractivity contribution in [3.05, 3.63) is 58.5 Å². The maximum Gasteiger partial charge on any atom is 0.271 e. The molecule has 1 atom stereocenters. The Hall–Kier alpha value is -2.92. The lowest BCUT2D eigenvalue weighted by atomic mass is 10.2. The summed E-state index contributed by atoms with van der Waals surface area (Å²) in [6, 6.07) is 9.46. The second-order valence-electron chi connectivity index (χ2n) is 5.36. The van der Waals surface area contributed by atoms with Crippen molar-refractivity contribution >= 4 is 45.5 Å². The van der Waals surface area contributed by atoms with Crippen molar-refractivity contribution in [2.75, 3.05) is 10.6 Å². The maximum atomic E-state index is 12.3. The molecule has 11 heteroatoms. The minimum absolute atomic E-state index is 0.0792. The molecular formula is C16H15N5O4S2. The summed E-state index contributed by atoms with van der Waals surface area (Å²) >= 11 is 2.59. The molecule has 0 aliphatic rings. The molecule has 0 saturated heterocycles. The number of nitrogens with one attached hydrogen (secondary N) is 2. The van der Waals surface area contributed by atoms with Gasteiger partial charge in [0.05, 0.1) is 23.0 Å². The van der Waals surface area contributed by atoms with Crippen molar-refractivity contribution in [2.45, 2.75) is 23.1 Å². The first-order chi connectivity index (χ1) is 13.0. The fourth-order valence-electron chi connectivity index (χ4n) is 2.05. The Morgan fingerprint density at radius 2 is 2.22 bits per heavy atom. The smallest absolute Gasteiger partial charge is 0.271 e. The lowest BCUT2D eigenvalue weighted by Crippen LogP contribution is -2.22. The van der Waals surface area contributed by atoms with Gasteiger partial charge in [-0.1, -0.05) is 29.2 Å². The van der Waals surface area contributed by atoms with Crippen LogP contribution in [0.5, 0.6) is 0 Å². The van der Waals surface area contributed by atoms with Crippen LogP contribution in [0.15, 0.2) is 51.4 Å². The summed E-state index contributed by atoms with van der Waals surface area (Å²) < 4.78 is 5.87. The summed E-state index contributed by atoms with van der Waals surface area (Å²) in [5.74, 6) is 0.505. The molecule has 0 fully saturated rings. The summed E-state index contributed by atoms with van der Waals surface area (Å²) in [4.78, 5) is 22.6. The van der Waals surface area contributed by atoms with Crippen molar-refractivity contribution in [2.24, 2.45) is 0 Å². The number of aromatic nitrogens is 2. The molecule has 2 N–H and O–H groups in total. The molecule has 0 saturated carbocycles. The van der Waals surface area contributed by atoms with Crippen LogP contribution in [0.4, 0.5) is 16.5 Å². The molecule has 0 spiro atoms. The summed E-state index contributed by atoms with van der Waals surface area (Å²) in [6.07, 6.45) is 1.60. The second kappa shape index (κ2) is 8.64. The van der Waals surface area contributed by atoms with Gasteiger partial charge >= 0.3 is 0 Å². The zero-order valence-corrected chi connectivity index (χ0v) is 15.8. The maximum absolute atomic E-state index is 12.3. The molecule has 140 valence electrons. The van der Waals surface area contributed by atoms with Crippen LogP contribution in [0.25, 0.3) is 0 Å². The Kier molecular flexibility index (Phi) is 6.04. The minimum atomic E-state index is -0.508. The van der Waals surface area contributed by atoms with E-state index in [1.54, 1.807) is 25.3 Å². The molecule has 0 radical (unpaired) electrons. The monoisotopic (exact) mass is 405 g/mol. The molecule has 27 heavy (non-hydrogen) atoms. The molecule has 0 aliphatic carbocycles. The van der Waals surface area contributed by atoms with Crippen LogP contribution in [0.3, 0.4) is 0 Å². The first-order valence-electron chi connectivity index (χ1n) is 7.83. The average molecular weight is 405 g/mol. The van der Waals surface area contributed by atoms with Crippen LogP contribution in [0.1, 0.15) is 12.7 Å². The number of hydrogen-bond donors (Lipinski definition) is 2. The Morgan fingerprint density at radius 1 is 1.37 bits per heavy atom. The van der Waals surface area contributed by atoms with Crippen molar-refractivity contribution in [3.63, 3.8) is 0 Å². The Labute approximate surface area is 162 Å². The van der Waals surface area contributed by atoms with Gasteiger partial charge in [0.1, 0.15) is 5.76 Å². The lowest BCUT2D eigenvalue weighted by molar-refractivity contribution is -0.384. The van der Waals surface area contributed by atoms with Gasteiger partial charge in [-0.05, 0) is 25.1 Å². The third-order valence-corrected chi connectivity index (χ3v) is 5.44. The number of rotatable bonds is 8. The standard InChI is InChI=1S/C16H15N5O4S2/c1-10(14(22)18-11-4-2-5-12(8-11)21(23)24)26-16-20-19-15(27-16)17-9-13-6-3-7-25-13/h2-8,10H,9H2,1H3,(H,17,19)(H,18,22). The minimum Gasteiger partial charge on any atom is -0.467 e. The first kappa shape index (κ1) is 18.9. The fourth-order valence-corrected chi connectivity index (χ4v) is 3.94. The number of nitro benzene ring substituents is 1. The Bertz CT molecular complexity index is 929. The summed E-state index contributed by atoms with van der Waals surface area (Å²) in [6.45, 7) is 2.23. The average Bonchev–Trinajstić information content (AvgIpc) is 3.31. The highest BCUT2D eigenvalue weighted by atomic mass is 32.2. The number of thioether (sulfide) groups is 1. The number of anilines is 2.